The van der Waals surface area contributed by atoms with E-state index in [4.69, 9.17) is 9.15 Å². The van der Waals surface area contributed by atoms with Crippen molar-refractivity contribution < 1.29 is 13.9 Å². The van der Waals surface area contributed by atoms with Gasteiger partial charge in [0.15, 0.2) is 5.96 Å². The van der Waals surface area contributed by atoms with Crippen LogP contribution in [0.15, 0.2) is 27.8 Å². The minimum absolute atomic E-state index is 0.281. The SMILES string of the molecule is CCCN(CCNC(=NC)NCCc1ccco1)C(=O)OC(C)(C)C. The quantitative estimate of drug-likeness (QED) is 0.555. The van der Waals surface area contributed by atoms with Gasteiger partial charge >= 0.3 is 6.09 Å². The topological polar surface area (TPSA) is 79.1 Å². The molecule has 0 fully saturated rings. The Bertz CT molecular complexity index is 521. The molecule has 0 aliphatic carbocycles. The lowest BCUT2D eigenvalue weighted by atomic mass is 10.2. The van der Waals surface area contributed by atoms with Gasteiger partial charge in [-0.15, -0.1) is 0 Å². The summed E-state index contributed by atoms with van der Waals surface area (Å²) in [6, 6.07) is 3.82. The van der Waals surface area contributed by atoms with Crippen LogP contribution in [0, 0.1) is 0 Å². The van der Waals surface area contributed by atoms with Crippen LogP contribution in [0.25, 0.3) is 0 Å². The molecule has 25 heavy (non-hydrogen) atoms. The number of amides is 1. The highest BCUT2D eigenvalue weighted by Crippen LogP contribution is 2.10. The zero-order chi connectivity index (χ0) is 18.7. The van der Waals surface area contributed by atoms with Crippen LogP contribution < -0.4 is 10.6 Å². The Kier molecular flexibility index (Phi) is 8.88. The molecule has 0 radical (unpaired) electrons. The molecule has 0 saturated carbocycles. The Morgan fingerprint density at radius 2 is 2.00 bits per heavy atom. The molecule has 0 bridgehead atoms. The van der Waals surface area contributed by atoms with Crippen molar-refractivity contribution in [2.45, 2.75) is 46.1 Å². The van der Waals surface area contributed by atoms with Crippen LogP contribution >= 0.6 is 0 Å². The number of carbonyl (C=O) groups excluding carboxylic acids is 1. The van der Waals surface area contributed by atoms with Crippen molar-refractivity contribution in [2.24, 2.45) is 4.99 Å². The lowest BCUT2D eigenvalue weighted by molar-refractivity contribution is 0.0253. The minimum Gasteiger partial charge on any atom is -0.469 e. The molecule has 1 aromatic heterocycles. The fourth-order valence-corrected chi connectivity index (χ4v) is 2.18. The average molecular weight is 352 g/mol. The fraction of sp³-hybridized carbons (Fsp3) is 0.667. The maximum atomic E-state index is 12.2. The number of carbonyl (C=O) groups is 1. The number of ether oxygens (including phenoxy) is 1. The summed E-state index contributed by atoms with van der Waals surface area (Å²) in [5.74, 6) is 1.63. The Balaban J connectivity index is 2.35. The number of hydrogen-bond donors (Lipinski definition) is 2. The normalized spacial score (nSPS) is 12.0. The molecule has 1 rings (SSSR count). The summed E-state index contributed by atoms with van der Waals surface area (Å²) < 4.78 is 10.7. The second-order valence-electron chi connectivity index (χ2n) is 6.72. The molecular weight excluding hydrogens is 320 g/mol. The van der Waals surface area contributed by atoms with Gasteiger partial charge < -0.3 is 24.7 Å². The first-order valence-electron chi connectivity index (χ1n) is 8.80. The second-order valence-corrected chi connectivity index (χ2v) is 6.72. The molecule has 0 atom stereocenters. The van der Waals surface area contributed by atoms with Crippen molar-refractivity contribution in [3.05, 3.63) is 24.2 Å². The summed E-state index contributed by atoms with van der Waals surface area (Å²) in [6.45, 7) is 10.2. The van der Waals surface area contributed by atoms with Crippen molar-refractivity contribution in [2.75, 3.05) is 33.2 Å². The molecule has 0 spiro atoms. The van der Waals surface area contributed by atoms with E-state index in [2.05, 4.69) is 15.6 Å². The first-order valence-corrected chi connectivity index (χ1v) is 8.80. The molecule has 0 unspecified atom stereocenters. The molecule has 7 nitrogen and oxygen atoms in total. The van der Waals surface area contributed by atoms with Gasteiger partial charge in [0, 0.05) is 39.6 Å². The predicted octanol–water partition coefficient (Wildman–Crippen LogP) is 2.63. The van der Waals surface area contributed by atoms with E-state index in [-0.39, 0.29) is 6.09 Å². The van der Waals surface area contributed by atoms with E-state index in [0.29, 0.717) is 25.6 Å². The molecule has 1 amide bonds. The van der Waals surface area contributed by atoms with Gasteiger partial charge in [-0.2, -0.15) is 0 Å². The third kappa shape index (κ3) is 9.02. The van der Waals surface area contributed by atoms with E-state index in [1.807, 2.05) is 39.8 Å². The van der Waals surface area contributed by atoms with E-state index < -0.39 is 5.60 Å². The summed E-state index contributed by atoms with van der Waals surface area (Å²) in [5, 5.41) is 6.44. The summed E-state index contributed by atoms with van der Waals surface area (Å²) in [4.78, 5) is 18.1. The van der Waals surface area contributed by atoms with Gasteiger partial charge in [0.25, 0.3) is 0 Å². The molecule has 1 heterocycles. The molecule has 1 aromatic rings. The van der Waals surface area contributed by atoms with Crippen LogP contribution in [-0.2, 0) is 11.2 Å². The Morgan fingerprint density at radius 3 is 2.56 bits per heavy atom. The number of furan rings is 1. The van der Waals surface area contributed by atoms with E-state index in [1.54, 1.807) is 18.2 Å². The molecular formula is C18H32N4O3. The molecule has 0 aliphatic heterocycles. The number of hydrogen-bond acceptors (Lipinski definition) is 4. The van der Waals surface area contributed by atoms with Gasteiger partial charge in [-0.3, -0.25) is 4.99 Å². The van der Waals surface area contributed by atoms with Crippen molar-refractivity contribution in [3.8, 4) is 0 Å². The lowest BCUT2D eigenvalue weighted by Gasteiger charge is -2.27. The van der Waals surface area contributed by atoms with Gasteiger partial charge in [0.2, 0.25) is 0 Å². The number of guanidine groups is 1. The van der Waals surface area contributed by atoms with Gasteiger partial charge in [0.1, 0.15) is 11.4 Å². The highest BCUT2D eigenvalue weighted by molar-refractivity contribution is 5.79. The van der Waals surface area contributed by atoms with Gasteiger partial charge in [-0.1, -0.05) is 6.92 Å². The van der Waals surface area contributed by atoms with Crippen molar-refractivity contribution in [1.82, 2.24) is 15.5 Å². The number of nitrogens with one attached hydrogen (secondary N) is 2. The molecule has 0 saturated heterocycles. The molecule has 7 heteroatoms. The molecule has 0 aliphatic rings. The zero-order valence-corrected chi connectivity index (χ0v) is 16.1. The van der Waals surface area contributed by atoms with E-state index in [1.165, 1.54) is 0 Å². The Labute approximate surface area is 150 Å². The smallest absolute Gasteiger partial charge is 0.410 e. The van der Waals surface area contributed by atoms with Crippen LogP contribution in [0.4, 0.5) is 4.79 Å². The van der Waals surface area contributed by atoms with E-state index in [0.717, 1.165) is 25.1 Å². The van der Waals surface area contributed by atoms with E-state index in [9.17, 15) is 4.79 Å². The van der Waals surface area contributed by atoms with Crippen LogP contribution in [0.1, 0.15) is 39.9 Å². The minimum atomic E-state index is -0.486. The molecule has 2 N–H and O–H groups in total. The number of rotatable bonds is 8. The van der Waals surface area contributed by atoms with Crippen molar-refractivity contribution in [1.29, 1.82) is 0 Å². The monoisotopic (exact) mass is 352 g/mol. The largest absolute Gasteiger partial charge is 0.469 e. The maximum Gasteiger partial charge on any atom is 0.410 e. The van der Waals surface area contributed by atoms with Crippen molar-refractivity contribution >= 4 is 12.1 Å². The number of nitrogens with zero attached hydrogens (tertiary/aromatic N) is 2. The summed E-state index contributed by atoms with van der Waals surface area (Å²) >= 11 is 0. The van der Waals surface area contributed by atoms with E-state index >= 15 is 0 Å². The van der Waals surface area contributed by atoms with Crippen LogP contribution in [0.5, 0.6) is 0 Å². The summed E-state index contributed by atoms with van der Waals surface area (Å²) in [5.41, 5.74) is -0.486. The number of aliphatic imine (C=N–C) groups is 1. The zero-order valence-electron chi connectivity index (χ0n) is 16.1. The standard InChI is InChI=1S/C18H32N4O3/c1-6-12-22(17(23)25-18(2,3)4)13-11-21-16(19-5)20-10-9-15-8-7-14-24-15/h7-8,14H,6,9-13H2,1-5H3,(H2,19,20,21). The predicted molar refractivity (Wildman–Crippen MR) is 99.9 cm³/mol. The summed E-state index contributed by atoms with van der Waals surface area (Å²) in [6.07, 6.45) is 3.06. The third-order valence-corrected chi connectivity index (χ3v) is 3.29. The fourth-order valence-electron chi connectivity index (χ4n) is 2.18. The van der Waals surface area contributed by atoms with Gasteiger partial charge in [-0.25, -0.2) is 4.79 Å². The highest BCUT2D eigenvalue weighted by Gasteiger charge is 2.21. The lowest BCUT2D eigenvalue weighted by Crippen LogP contribution is -2.45. The van der Waals surface area contributed by atoms with Gasteiger partial charge in [0.05, 0.1) is 6.26 Å². The maximum absolute atomic E-state index is 12.2. The first-order chi connectivity index (χ1) is 11.9. The Hall–Kier alpha value is -2.18. The third-order valence-electron chi connectivity index (χ3n) is 3.29. The molecule has 0 aromatic carbocycles. The second kappa shape index (κ2) is 10.6. The van der Waals surface area contributed by atoms with Crippen LogP contribution in [-0.4, -0.2) is 55.8 Å². The highest BCUT2D eigenvalue weighted by atomic mass is 16.6. The molecule has 142 valence electrons. The van der Waals surface area contributed by atoms with Crippen LogP contribution in [0.2, 0.25) is 0 Å². The van der Waals surface area contributed by atoms with Crippen molar-refractivity contribution in [3.63, 3.8) is 0 Å². The van der Waals surface area contributed by atoms with Crippen LogP contribution in [0.3, 0.4) is 0 Å². The van der Waals surface area contributed by atoms with Gasteiger partial charge in [-0.05, 0) is 39.3 Å². The Morgan fingerprint density at radius 1 is 1.28 bits per heavy atom. The summed E-state index contributed by atoms with van der Waals surface area (Å²) in [7, 11) is 1.72. The first kappa shape index (κ1) is 20.9. The average Bonchev–Trinajstić information content (AvgIpc) is 3.04.